The Morgan fingerprint density at radius 1 is 1.12 bits per heavy atom. The molecule has 6 heteroatoms. The highest BCUT2D eigenvalue weighted by Gasteiger charge is 2.45. The summed E-state index contributed by atoms with van der Waals surface area (Å²) >= 11 is 0. The zero-order chi connectivity index (χ0) is 17.3. The third-order valence-corrected chi connectivity index (χ3v) is 4.24. The van der Waals surface area contributed by atoms with Crippen LogP contribution in [0.25, 0.3) is 0 Å². The average Bonchev–Trinajstić information content (AvgIpc) is 3.34. The molecule has 3 rings (SSSR count). The number of halogens is 3. The predicted octanol–water partition coefficient (Wildman–Crippen LogP) is 3.02. The van der Waals surface area contributed by atoms with Crippen LogP contribution in [-0.4, -0.2) is 11.0 Å². The normalized spacial score (nSPS) is 19.2. The Kier molecular flexibility index (Phi) is 4.57. The van der Waals surface area contributed by atoms with Gasteiger partial charge in [-0.15, -0.1) is 0 Å². The number of carbonyl (C=O) groups is 1. The lowest BCUT2D eigenvalue weighted by atomic mass is 10.1. The molecule has 126 valence electrons. The van der Waals surface area contributed by atoms with Gasteiger partial charge >= 0.3 is 0 Å². The highest BCUT2D eigenvalue weighted by molar-refractivity contribution is 5.82. The Bertz CT molecular complexity index is 779. The fourth-order valence-electron chi connectivity index (χ4n) is 2.81. The maximum absolute atomic E-state index is 13.7. The summed E-state index contributed by atoms with van der Waals surface area (Å²) in [5, 5.41) is 11.8. The van der Waals surface area contributed by atoms with E-state index < -0.39 is 24.1 Å². The van der Waals surface area contributed by atoms with Gasteiger partial charge in [-0.05, 0) is 41.7 Å². The Labute approximate surface area is 137 Å². The van der Waals surface area contributed by atoms with Gasteiger partial charge in [-0.1, -0.05) is 12.1 Å². The van der Waals surface area contributed by atoms with Crippen LogP contribution in [-0.2, 0) is 17.9 Å². The van der Waals surface area contributed by atoms with Crippen LogP contribution in [0.2, 0.25) is 0 Å². The van der Waals surface area contributed by atoms with E-state index in [4.69, 9.17) is 5.11 Å². The van der Waals surface area contributed by atoms with E-state index in [0.717, 1.165) is 6.07 Å². The molecule has 1 saturated carbocycles. The average molecular weight is 335 g/mol. The lowest BCUT2D eigenvalue weighted by Crippen LogP contribution is -2.25. The minimum absolute atomic E-state index is 0.166. The molecule has 0 spiro atoms. The summed E-state index contributed by atoms with van der Waals surface area (Å²) in [6.07, 6.45) is 0.514. The maximum atomic E-state index is 13.7. The summed E-state index contributed by atoms with van der Waals surface area (Å²) in [5.74, 6) is -2.59. The Balaban J connectivity index is 1.59. The van der Waals surface area contributed by atoms with Crippen LogP contribution in [0.3, 0.4) is 0 Å². The molecule has 1 amide bonds. The van der Waals surface area contributed by atoms with Crippen LogP contribution >= 0.6 is 0 Å². The summed E-state index contributed by atoms with van der Waals surface area (Å²) in [5.41, 5.74) is 1.18. The van der Waals surface area contributed by atoms with Gasteiger partial charge in [0.1, 0.15) is 17.5 Å². The van der Waals surface area contributed by atoms with E-state index >= 15 is 0 Å². The monoisotopic (exact) mass is 335 g/mol. The van der Waals surface area contributed by atoms with Gasteiger partial charge in [0.2, 0.25) is 5.91 Å². The second kappa shape index (κ2) is 6.65. The first-order valence-electron chi connectivity index (χ1n) is 7.60. The van der Waals surface area contributed by atoms with Gasteiger partial charge in [-0.25, -0.2) is 13.2 Å². The molecule has 3 nitrogen and oxygen atoms in total. The number of hydrogen-bond donors (Lipinski definition) is 2. The molecule has 24 heavy (non-hydrogen) atoms. The maximum Gasteiger partial charge on any atom is 0.224 e. The molecule has 1 fully saturated rings. The zero-order valence-electron chi connectivity index (χ0n) is 12.7. The molecular formula is C18H16F3NO2. The van der Waals surface area contributed by atoms with Gasteiger partial charge in [0.05, 0.1) is 6.61 Å². The summed E-state index contributed by atoms with van der Waals surface area (Å²) < 4.78 is 39.9. The van der Waals surface area contributed by atoms with Gasteiger partial charge in [0.25, 0.3) is 0 Å². The molecule has 0 radical (unpaired) electrons. The number of aliphatic hydroxyl groups is 1. The van der Waals surface area contributed by atoms with E-state index in [1.165, 1.54) is 30.3 Å². The third kappa shape index (κ3) is 3.43. The molecule has 0 saturated heterocycles. The fraction of sp³-hybridized carbons (Fsp3) is 0.278. The minimum atomic E-state index is -0.645. The molecule has 0 bridgehead atoms. The standard InChI is InChI=1S/C18H16F3NO2/c19-12-2-3-13(17(21)6-12)14-7-15(14)18(24)22-8-10-1-4-16(20)11(5-10)9-23/h1-6,14-15,23H,7-9H2,(H,22,24). The Morgan fingerprint density at radius 2 is 1.92 bits per heavy atom. The molecule has 0 heterocycles. The van der Waals surface area contributed by atoms with Crippen molar-refractivity contribution in [2.75, 3.05) is 0 Å². The lowest BCUT2D eigenvalue weighted by Gasteiger charge is -2.08. The number of hydrogen-bond acceptors (Lipinski definition) is 2. The largest absolute Gasteiger partial charge is 0.392 e. The van der Waals surface area contributed by atoms with E-state index in [-0.39, 0.29) is 29.9 Å². The predicted molar refractivity (Wildman–Crippen MR) is 81.4 cm³/mol. The van der Waals surface area contributed by atoms with Crippen LogP contribution < -0.4 is 5.32 Å². The smallest absolute Gasteiger partial charge is 0.224 e. The summed E-state index contributed by atoms with van der Waals surface area (Å²) in [6.45, 7) is -0.219. The fourth-order valence-corrected chi connectivity index (χ4v) is 2.81. The zero-order valence-corrected chi connectivity index (χ0v) is 12.7. The van der Waals surface area contributed by atoms with Crippen molar-refractivity contribution in [3.8, 4) is 0 Å². The van der Waals surface area contributed by atoms with E-state index in [2.05, 4.69) is 5.32 Å². The molecule has 2 aromatic carbocycles. The van der Waals surface area contributed by atoms with Crippen molar-refractivity contribution < 1.29 is 23.1 Å². The van der Waals surface area contributed by atoms with Crippen molar-refractivity contribution in [2.45, 2.75) is 25.5 Å². The molecule has 0 aromatic heterocycles. The van der Waals surface area contributed by atoms with Gasteiger partial charge in [-0.2, -0.15) is 0 Å². The Morgan fingerprint density at radius 3 is 2.62 bits per heavy atom. The quantitative estimate of drug-likeness (QED) is 0.882. The highest BCUT2D eigenvalue weighted by Crippen LogP contribution is 2.48. The van der Waals surface area contributed by atoms with Gasteiger partial charge in [-0.3, -0.25) is 4.79 Å². The van der Waals surface area contributed by atoms with Gasteiger partial charge < -0.3 is 10.4 Å². The Hall–Kier alpha value is -2.34. The van der Waals surface area contributed by atoms with E-state index in [9.17, 15) is 18.0 Å². The first-order chi connectivity index (χ1) is 11.5. The topological polar surface area (TPSA) is 49.3 Å². The molecule has 1 aliphatic carbocycles. The lowest BCUT2D eigenvalue weighted by molar-refractivity contribution is -0.122. The van der Waals surface area contributed by atoms with Crippen LogP contribution in [0, 0.1) is 23.4 Å². The van der Waals surface area contributed by atoms with Crippen LogP contribution in [0.4, 0.5) is 13.2 Å². The van der Waals surface area contributed by atoms with Crippen LogP contribution in [0.15, 0.2) is 36.4 Å². The molecule has 2 atom stereocenters. The summed E-state index contributed by atoms with van der Waals surface area (Å²) in [7, 11) is 0. The number of benzene rings is 2. The van der Waals surface area contributed by atoms with Gasteiger partial charge in [0.15, 0.2) is 0 Å². The third-order valence-electron chi connectivity index (χ3n) is 4.24. The summed E-state index contributed by atoms with van der Waals surface area (Å²) in [6, 6.07) is 7.62. The summed E-state index contributed by atoms with van der Waals surface area (Å²) in [4.78, 5) is 12.1. The van der Waals surface area contributed by atoms with E-state index in [1.807, 2.05) is 0 Å². The minimum Gasteiger partial charge on any atom is -0.392 e. The molecule has 2 aromatic rings. The van der Waals surface area contributed by atoms with Crippen LogP contribution in [0.5, 0.6) is 0 Å². The number of aliphatic hydroxyl groups excluding tert-OH is 1. The van der Waals surface area contributed by atoms with Crippen molar-refractivity contribution in [1.82, 2.24) is 5.32 Å². The molecule has 2 N–H and O–H groups in total. The van der Waals surface area contributed by atoms with Crippen molar-refractivity contribution in [3.63, 3.8) is 0 Å². The SMILES string of the molecule is O=C(NCc1ccc(F)c(CO)c1)C1CC1c1ccc(F)cc1F. The first kappa shape index (κ1) is 16.5. The number of nitrogens with one attached hydrogen (secondary N) is 1. The van der Waals surface area contributed by atoms with Gasteiger partial charge in [0, 0.05) is 24.1 Å². The number of amides is 1. The van der Waals surface area contributed by atoms with E-state index in [0.29, 0.717) is 17.5 Å². The number of carbonyl (C=O) groups excluding carboxylic acids is 1. The van der Waals surface area contributed by atoms with Crippen molar-refractivity contribution in [2.24, 2.45) is 5.92 Å². The van der Waals surface area contributed by atoms with Crippen molar-refractivity contribution >= 4 is 5.91 Å². The molecule has 0 aliphatic heterocycles. The van der Waals surface area contributed by atoms with E-state index in [1.54, 1.807) is 0 Å². The van der Waals surface area contributed by atoms with Crippen molar-refractivity contribution in [3.05, 3.63) is 70.5 Å². The van der Waals surface area contributed by atoms with Crippen molar-refractivity contribution in [1.29, 1.82) is 0 Å². The second-order valence-electron chi connectivity index (χ2n) is 5.92. The second-order valence-corrected chi connectivity index (χ2v) is 5.92. The van der Waals surface area contributed by atoms with Crippen LogP contribution in [0.1, 0.15) is 29.0 Å². The molecular weight excluding hydrogens is 319 g/mol. The highest BCUT2D eigenvalue weighted by atomic mass is 19.1. The molecule has 2 unspecified atom stereocenters. The molecule has 1 aliphatic rings. The first-order valence-corrected chi connectivity index (χ1v) is 7.60. The number of rotatable bonds is 5.